The van der Waals surface area contributed by atoms with Crippen molar-refractivity contribution in [2.45, 2.75) is 12.8 Å². The third kappa shape index (κ3) is 3.26. The number of Topliss-reactive ketones (excluding diaryl/α,β-unsaturated/α-hetero) is 2. The molecule has 2 aromatic carbocycles. The highest BCUT2D eigenvalue weighted by Gasteiger charge is 2.13. The lowest BCUT2D eigenvalue weighted by Gasteiger charge is -2.00. The molecule has 0 saturated carbocycles. The number of fused-ring (bicyclic) bond motifs is 1. The Morgan fingerprint density at radius 1 is 0.909 bits per heavy atom. The Morgan fingerprint density at radius 3 is 2.32 bits per heavy atom. The van der Waals surface area contributed by atoms with Crippen molar-refractivity contribution in [1.82, 2.24) is 0 Å². The zero-order chi connectivity index (χ0) is 15.5. The molecule has 0 unspecified atom stereocenters. The van der Waals surface area contributed by atoms with Gasteiger partial charge in [0.2, 0.25) is 0 Å². The Labute approximate surface area is 137 Å². The Hall–Kier alpha value is -1.97. The molecule has 0 fully saturated rings. The molecule has 0 aliphatic carbocycles. The molecule has 0 aliphatic heterocycles. The predicted molar refractivity (Wildman–Crippen MR) is 91.2 cm³/mol. The van der Waals surface area contributed by atoms with Gasteiger partial charge >= 0.3 is 0 Å². The van der Waals surface area contributed by atoms with Crippen LogP contribution in [0.15, 0.2) is 54.6 Å². The molecule has 1 aromatic heterocycles. The van der Waals surface area contributed by atoms with Gasteiger partial charge < -0.3 is 0 Å². The van der Waals surface area contributed by atoms with Gasteiger partial charge in [-0.25, -0.2) is 0 Å². The Morgan fingerprint density at radius 2 is 1.59 bits per heavy atom. The highest BCUT2D eigenvalue weighted by Crippen LogP contribution is 2.26. The first-order chi connectivity index (χ1) is 10.6. The van der Waals surface area contributed by atoms with Crippen molar-refractivity contribution in [2.24, 2.45) is 0 Å². The average Bonchev–Trinajstić information content (AvgIpc) is 2.97. The Balaban J connectivity index is 1.66. The van der Waals surface area contributed by atoms with Crippen LogP contribution in [0.3, 0.4) is 0 Å². The standard InChI is InChI=1S/C18H13ClO2S/c19-14-7-5-12(6-8-14)15(20)9-10-16(21)18-11-13-3-1-2-4-17(13)22-18/h1-8,11H,9-10H2. The molecule has 2 nitrogen and oxygen atoms in total. The first-order valence-electron chi connectivity index (χ1n) is 6.94. The van der Waals surface area contributed by atoms with Crippen LogP contribution >= 0.6 is 22.9 Å². The summed E-state index contributed by atoms with van der Waals surface area (Å²) in [7, 11) is 0. The molecule has 4 heteroatoms. The summed E-state index contributed by atoms with van der Waals surface area (Å²) < 4.78 is 1.09. The maximum absolute atomic E-state index is 12.2. The third-order valence-electron chi connectivity index (χ3n) is 3.45. The highest BCUT2D eigenvalue weighted by molar-refractivity contribution is 7.20. The second-order valence-corrected chi connectivity index (χ2v) is 6.52. The maximum Gasteiger partial charge on any atom is 0.173 e. The fourth-order valence-electron chi connectivity index (χ4n) is 2.25. The van der Waals surface area contributed by atoms with Crippen LogP contribution in [-0.4, -0.2) is 11.6 Å². The lowest BCUT2D eigenvalue weighted by Crippen LogP contribution is -2.04. The van der Waals surface area contributed by atoms with Crippen LogP contribution in [-0.2, 0) is 0 Å². The number of hydrogen-bond acceptors (Lipinski definition) is 3. The minimum absolute atomic E-state index is 0.0171. The fourth-order valence-corrected chi connectivity index (χ4v) is 3.41. The molecule has 0 amide bonds. The SMILES string of the molecule is O=C(CCC(=O)c1cc2ccccc2s1)c1ccc(Cl)cc1. The van der Waals surface area contributed by atoms with Gasteiger partial charge in [-0.15, -0.1) is 11.3 Å². The van der Waals surface area contributed by atoms with Crippen molar-refractivity contribution in [2.75, 3.05) is 0 Å². The van der Waals surface area contributed by atoms with Crippen molar-refractivity contribution in [3.63, 3.8) is 0 Å². The van der Waals surface area contributed by atoms with E-state index in [9.17, 15) is 9.59 Å². The second kappa shape index (κ2) is 6.42. The van der Waals surface area contributed by atoms with E-state index in [-0.39, 0.29) is 24.4 Å². The highest BCUT2D eigenvalue weighted by atomic mass is 35.5. The summed E-state index contributed by atoms with van der Waals surface area (Å²) in [5.74, 6) is -0.0189. The van der Waals surface area contributed by atoms with Crippen LogP contribution in [0.5, 0.6) is 0 Å². The summed E-state index contributed by atoms with van der Waals surface area (Å²) in [4.78, 5) is 25.0. The molecule has 0 spiro atoms. The molecule has 1 heterocycles. The van der Waals surface area contributed by atoms with E-state index in [0.29, 0.717) is 15.5 Å². The average molecular weight is 329 g/mol. The molecular formula is C18H13ClO2S. The number of halogens is 1. The van der Waals surface area contributed by atoms with E-state index < -0.39 is 0 Å². The van der Waals surface area contributed by atoms with Crippen molar-refractivity contribution in [3.05, 3.63) is 70.1 Å². The van der Waals surface area contributed by atoms with E-state index in [4.69, 9.17) is 11.6 Å². The number of carbonyl (C=O) groups is 2. The number of benzene rings is 2. The van der Waals surface area contributed by atoms with Crippen molar-refractivity contribution in [3.8, 4) is 0 Å². The predicted octanol–water partition coefficient (Wildman–Crippen LogP) is 5.40. The molecule has 0 bridgehead atoms. The topological polar surface area (TPSA) is 34.1 Å². The van der Waals surface area contributed by atoms with Gasteiger partial charge in [0.05, 0.1) is 4.88 Å². The lowest BCUT2D eigenvalue weighted by atomic mass is 10.0. The normalized spacial score (nSPS) is 10.8. The molecule has 0 N–H and O–H groups in total. The molecule has 0 aliphatic rings. The molecule has 22 heavy (non-hydrogen) atoms. The number of hydrogen-bond donors (Lipinski definition) is 0. The molecule has 0 radical (unpaired) electrons. The fraction of sp³-hybridized carbons (Fsp3) is 0.111. The van der Waals surface area contributed by atoms with E-state index in [1.54, 1.807) is 24.3 Å². The maximum atomic E-state index is 12.2. The van der Waals surface area contributed by atoms with Crippen LogP contribution in [0.2, 0.25) is 5.02 Å². The van der Waals surface area contributed by atoms with E-state index in [1.807, 2.05) is 30.3 Å². The monoisotopic (exact) mass is 328 g/mol. The summed E-state index contributed by atoms with van der Waals surface area (Å²) in [5.41, 5.74) is 0.591. The van der Waals surface area contributed by atoms with Gasteiger partial charge in [-0.05, 0) is 41.8 Å². The first kappa shape index (κ1) is 14.9. The molecule has 0 atom stereocenters. The Kier molecular flexibility index (Phi) is 4.36. The number of thiophene rings is 1. The van der Waals surface area contributed by atoms with Crippen LogP contribution < -0.4 is 0 Å². The van der Waals surface area contributed by atoms with Crippen LogP contribution in [0.1, 0.15) is 32.9 Å². The molecule has 3 aromatic rings. The molecule has 110 valence electrons. The summed E-state index contributed by atoms with van der Waals surface area (Å²) in [6.07, 6.45) is 0.447. The molecule has 0 saturated heterocycles. The quantitative estimate of drug-likeness (QED) is 0.587. The minimum atomic E-state index is -0.0360. The summed E-state index contributed by atoms with van der Waals surface area (Å²) >= 11 is 7.28. The summed E-state index contributed by atoms with van der Waals surface area (Å²) in [5, 5.41) is 1.66. The largest absolute Gasteiger partial charge is 0.294 e. The van der Waals surface area contributed by atoms with Crippen LogP contribution in [0, 0.1) is 0 Å². The van der Waals surface area contributed by atoms with E-state index in [2.05, 4.69) is 0 Å². The number of ketones is 2. The summed E-state index contributed by atoms with van der Waals surface area (Å²) in [6.45, 7) is 0. The molecule has 3 rings (SSSR count). The van der Waals surface area contributed by atoms with Gasteiger partial charge in [-0.2, -0.15) is 0 Å². The Bertz CT molecular complexity index is 801. The van der Waals surface area contributed by atoms with Crippen molar-refractivity contribution < 1.29 is 9.59 Å². The number of rotatable bonds is 5. The van der Waals surface area contributed by atoms with E-state index >= 15 is 0 Å². The van der Waals surface area contributed by atoms with Crippen molar-refractivity contribution in [1.29, 1.82) is 0 Å². The van der Waals surface area contributed by atoms with Gasteiger partial charge in [-0.1, -0.05) is 29.8 Å². The lowest BCUT2D eigenvalue weighted by molar-refractivity contribution is 0.0919. The second-order valence-electron chi connectivity index (χ2n) is 5.00. The summed E-state index contributed by atoms with van der Waals surface area (Å²) in [6, 6.07) is 16.5. The first-order valence-corrected chi connectivity index (χ1v) is 8.13. The van der Waals surface area contributed by atoms with Crippen LogP contribution in [0.4, 0.5) is 0 Å². The van der Waals surface area contributed by atoms with Crippen LogP contribution in [0.25, 0.3) is 10.1 Å². The minimum Gasteiger partial charge on any atom is -0.294 e. The molecular weight excluding hydrogens is 316 g/mol. The van der Waals surface area contributed by atoms with E-state index in [1.165, 1.54) is 11.3 Å². The third-order valence-corrected chi connectivity index (χ3v) is 4.85. The van der Waals surface area contributed by atoms with E-state index in [0.717, 1.165) is 10.1 Å². The van der Waals surface area contributed by atoms with Gasteiger partial charge in [0.25, 0.3) is 0 Å². The zero-order valence-corrected chi connectivity index (χ0v) is 13.3. The van der Waals surface area contributed by atoms with Gasteiger partial charge in [0, 0.05) is 28.1 Å². The number of carbonyl (C=O) groups excluding carboxylic acids is 2. The smallest absolute Gasteiger partial charge is 0.173 e. The van der Waals surface area contributed by atoms with Crippen molar-refractivity contribution >= 4 is 44.6 Å². The van der Waals surface area contributed by atoms with Gasteiger partial charge in [-0.3, -0.25) is 9.59 Å². The van der Waals surface area contributed by atoms with Gasteiger partial charge in [0.1, 0.15) is 0 Å². The van der Waals surface area contributed by atoms with Gasteiger partial charge in [0.15, 0.2) is 11.6 Å². The zero-order valence-electron chi connectivity index (χ0n) is 11.7.